The van der Waals surface area contributed by atoms with E-state index in [1.54, 1.807) is 0 Å². The van der Waals surface area contributed by atoms with Gasteiger partial charge in [-0.15, -0.1) is 12.4 Å². The zero-order chi connectivity index (χ0) is 17.7. The molecular formula is C15H15ClF3N3O3. The standard InChI is InChI=1S/C15H14F3N3O3.ClH/c1-23-21-14(22)10-3-2-4-11(7-10)24-13-6-9(8-19)5-12(20-13)15(16,17)18;/h2-7H,8,19H2,1H3,(H,21,22);1H. The third kappa shape index (κ3) is 5.59. The van der Waals surface area contributed by atoms with Crippen molar-refractivity contribution in [2.45, 2.75) is 12.7 Å². The van der Waals surface area contributed by atoms with Gasteiger partial charge >= 0.3 is 6.18 Å². The van der Waals surface area contributed by atoms with Gasteiger partial charge < -0.3 is 10.5 Å². The highest BCUT2D eigenvalue weighted by Crippen LogP contribution is 2.31. The number of alkyl halides is 3. The number of carbonyl (C=O) groups is 1. The smallest absolute Gasteiger partial charge is 0.433 e. The maximum atomic E-state index is 12.9. The first-order valence-electron chi connectivity index (χ1n) is 6.73. The van der Waals surface area contributed by atoms with Crippen molar-refractivity contribution < 1.29 is 27.5 Å². The zero-order valence-corrected chi connectivity index (χ0v) is 13.8. The molecule has 6 nitrogen and oxygen atoms in total. The van der Waals surface area contributed by atoms with Gasteiger partial charge in [-0.25, -0.2) is 10.5 Å². The van der Waals surface area contributed by atoms with E-state index in [1.165, 1.54) is 37.4 Å². The van der Waals surface area contributed by atoms with Crippen LogP contribution in [0.15, 0.2) is 36.4 Å². The summed E-state index contributed by atoms with van der Waals surface area (Å²) >= 11 is 0. The number of nitrogens with zero attached hydrogens (tertiary/aromatic N) is 1. The molecule has 2 rings (SSSR count). The van der Waals surface area contributed by atoms with Crippen LogP contribution < -0.4 is 16.0 Å². The van der Waals surface area contributed by atoms with Crippen LogP contribution in [0.5, 0.6) is 11.6 Å². The Morgan fingerprint density at radius 3 is 2.60 bits per heavy atom. The van der Waals surface area contributed by atoms with Gasteiger partial charge in [-0.1, -0.05) is 6.07 Å². The van der Waals surface area contributed by atoms with E-state index in [-0.39, 0.29) is 41.7 Å². The molecule has 10 heteroatoms. The molecule has 0 aliphatic heterocycles. The number of pyridine rings is 1. The van der Waals surface area contributed by atoms with Crippen molar-refractivity contribution in [3.8, 4) is 11.6 Å². The number of aromatic nitrogens is 1. The Balaban J connectivity index is 0.00000312. The Bertz CT molecular complexity index is 741. The van der Waals surface area contributed by atoms with E-state index >= 15 is 0 Å². The molecule has 136 valence electrons. The van der Waals surface area contributed by atoms with Crippen LogP contribution in [-0.2, 0) is 17.6 Å². The van der Waals surface area contributed by atoms with Gasteiger partial charge in [0.15, 0.2) is 0 Å². The summed E-state index contributed by atoms with van der Waals surface area (Å²) in [7, 11) is 1.28. The Morgan fingerprint density at radius 1 is 1.28 bits per heavy atom. The lowest BCUT2D eigenvalue weighted by atomic mass is 10.2. The number of benzene rings is 1. The highest BCUT2D eigenvalue weighted by Gasteiger charge is 2.33. The minimum atomic E-state index is -4.62. The number of rotatable bonds is 5. The van der Waals surface area contributed by atoms with Gasteiger partial charge in [0.25, 0.3) is 5.91 Å². The maximum absolute atomic E-state index is 12.9. The number of nitrogens with two attached hydrogens (primary N) is 1. The van der Waals surface area contributed by atoms with Crippen LogP contribution in [0.25, 0.3) is 0 Å². The number of hydroxylamine groups is 1. The average molecular weight is 378 g/mol. The van der Waals surface area contributed by atoms with Crippen molar-refractivity contribution in [2.75, 3.05) is 7.11 Å². The Kier molecular flexibility index (Phi) is 7.16. The third-order valence-electron chi connectivity index (χ3n) is 2.90. The number of amides is 1. The number of hydrogen-bond acceptors (Lipinski definition) is 5. The second-order valence-corrected chi connectivity index (χ2v) is 4.67. The highest BCUT2D eigenvalue weighted by molar-refractivity contribution is 5.93. The normalized spacial score (nSPS) is 10.8. The Labute approximate surface area is 147 Å². The van der Waals surface area contributed by atoms with E-state index < -0.39 is 17.8 Å². The molecule has 0 aliphatic rings. The summed E-state index contributed by atoms with van der Waals surface area (Å²) in [5.41, 5.74) is 6.86. The van der Waals surface area contributed by atoms with Crippen LogP contribution in [-0.4, -0.2) is 18.0 Å². The van der Waals surface area contributed by atoms with E-state index in [9.17, 15) is 18.0 Å². The van der Waals surface area contributed by atoms with Crippen LogP contribution in [0.1, 0.15) is 21.6 Å². The van der Waals surface area contributed by atoms with Gasteiger partial charge in [0.05, 0.1) is 7.11 Å². The number of nitrogens with one attached hydrogen (secondary N) is 1. The fourth-order valence-corrected chi connectivity index (χ4v) is 1.85. The van der Waals surface area contributed by atoms with E-state index in [1.807, 2.05) is 0 Å². The summed E-state index contributed by atoms with van der Waals surface area (Å²) in [6, 6.07) is 7.99. The molecule has 3 N–H and O–H groups in total. The number of carbonyl (C=O) groups excluding carboxylic acids is 1. The molecule has 0 atom stereocenters. The van der Waals surface area contributed by atoms with E-state index in [0.29, 0.717) is 0 Å². The van der Waals surface area contributed by atoms with E-state index in [2.05, 4.69) is 15.3 Å². The van der Waals surface area contributed by atoms with Gasteiger partial charge in [-0.2, -0.15) is 13.2 Å². The van der Waals surface area contributed by atoms with Crippen LogP contribution >= 0.6 is 12.4 Å². The molecule has 2 aromatic rings. The van der Waals surface area contributed by atoms with Crippen LogP contribution in [0.3, 0.4) is 0 Å². The zero-order valence-electron chi connectivity index (χ0n) is 13.0. The van der Waals surface area contributed by atoms with Crippen molar-refractivity contribution >= 4 is 18.3 Å². The second-order valence-electron chi connectivity index (χ2n) is 4.67. The molecule has 0 bridgehead atoms. The first-order valence-corrected chi connectivity index (χ1v) is 6.73. The SMILES string of the molecule is CONC(=O)c1cccc(Oc2cc(CN)cc(C(F)(F)F)n2)c1.Cl. The van der Waals surface area contributed by atoms with Gasteiger partial charge in [0, 0.05) is 18.2 Å². The van der Waals surface area contributed by atoms with Crippen molar-refractivity contribution in [1.29, 1.82) is 0 Å². The number of ether oxygens (including phenoxy) is 1. The molecule has 1 aromatic carbocycles. The molecule has 0 aliphatic carbocycles. The summed E-state index contributed by atoms with van der Waals surface area (Å²) in [6.07, 6.45) is -4.62. The second kappa shape index (κ2) is 8.65. The molecule has 0 radical (unpaired) electrons. The lowest BCUT2D eigenvalue weighted by Crippen LogP contribution is -2.21. The van der Waals surface area contributed by atoms with Gasteiger partial charge in [0.1, 0.15) is 11.4 Å². The highest BCUT2D eigenvalue weighted by atomic mass is 35.5. The van der Waals surface area contributed by atoms with Gasteiger partial charge in [0.2, 0.25) is 5.88 Å². The molecule has 0 fully saturated rings. The first kappa shape index (κ1) is 20.7. The van der Waals surface area contributed by atoms with Crippen molar-refractivity contribution in [2.24, 2.45) is 5.73 Å². The summed E-state index contributed by atoms with van der Waals surface area (Å²) in [5.74, 6) is -0.647. The van der Waals surface area contributed by atoms with Crippen LogP contribution in [0.4, 0.5) is 13.2 Å². The maximum Gasteiger partial charge on any atom is 0.433 e. The van der Waals surface area contributed by atoms with Crippen molar-refractivity contribution in [3.63, 3.8) is 0 Å². The van der Waals surface area contributed by atoms with E-state index in [0.717, 1.165) is 6.07 Å². The fraction of sp³-hybridized carbons (Fsp3) is 0.200. The third-order valence-corrected chi connectivity index (χ3v) is 2.90. The summed E-state index contributed by atoms with van der Waals surface area (Å²) < 4.78 is 43.9. The summed E-state index contributed by atoms with van der Waals surface area (Å²) in [6.45, 7) is -0.0990. The molecule has 1 heterocycles. The van der Waals surface area contributed by atoms with Crippen molar-refractivity contribution in [3.05, 3.63) is 53.2 Å². The number of hydrogen-bond donors (Lipinski definition) is 2. The summed E-state index contributed by atoms with van der Waals surface area (Å²) in [5, 5.41) is 0. The van der Waals surface area contributed by atoms with Gasteiger partial charge in [-0.05, 0) is 29.8 Å². The predicted molar refractivity (Wildman–Crippen MR) is 85.4 cm³/mol. The lowest BCUT2D eigenvalue weighted by Gasteiger charge is -2.12. The van der Waals surface area contributed by atoms with Gasteiger partial charge in [-0.3, -0.25) is 9.63 Å². The Morgan fingerprint density at radius 2 is 2.00 bits per heavy atom. The van der Waals surface area contributed by atoms with Crippen LogP contribution in [0.2, 0.25) is 0 Å². The quantitative estimate of drug-likeness (QED) is 0.782. The first-order chi connectivity index (χ1) is 11.3. The number of halogens is 4. The molecule has 0 saturated heterocycles. The average Bonchev–Trinajstić information content (AvgIpc) is 2.54. The molecule has 0 spiro atoms. The minimum Gasteiger partial charge on any atom is -0.439 e. The largest absolute Gasteiger partial charge is 0.439 e. The molecule has 1 amide bonds. The van der Waals surface area contributed by atoms with Crippen molar-refractivity contribution in [1.82, 2.24) is 10.5 Å². The lowest BCUT2D eigenvalue weighted by molar-refractivity contribution is -0.141. The minimum absolute atomic E-state index is 0. The molecule has 0 saturated carbocycles. The fourth-order valence-electron chi connectivity index (χ4n) is 1.85. The Hall–Kier alpha value is -2.36. The van der Waals surface area contributed by atoms with Crippen LogP contribution in [0, 0.1) is 0 Å². The monoisotopic (exact) mass is 377 g/mol. The molecule has 1 aromatic heterocycles. The van der Waals surface area contributed by atoms with E-state index in [4.69, 9.17) is 10.5 Å². The topological polar surface area (TPSA) is 86.5 Å². The molecular weight excluding hydrogens is 363 g/mol. The molecule has 25 heavy (non-hydrogen) atoms. The summed E-state index contributed by atoms with van der Waals surface area (Å²) in [4.78, 5) is 19.6. The predicted octanol–water partition coefficient (Wildman–Crippen LogP) is 3.06. The molecule has 0 unspecified atom stereocenters.